The first-order chi connectivity index (χ1) is 10.2. The highest BCUT2D eigenvalue weighted by Gasteiger charge is 2.39. The molecule has 0 bridgehead atoms. The molecule has 120 valence electrons. The first kappa shape index (κ1) is 16.3. The number of hydrogen-bond donors (Lipinski definition) is 0. The zero-order chi connectivity index (χ0) is 15.2. The molecule has 4 heteroatoms. The Hall–Kier alpha value is -1.06. The number of amides is 2. The highest BCUT2D eigenvalue weighted by Crippen LogP contribution is 2.29. The van der Waals surface area contributed by atoms with Crippen LogP contribution in [0, 0.1) is 5.92 Å². The van der Waals surface area contributed by atoms with E-state index in [2.05, 4.69) is 6.92 Å². The van der Waals surface area contributed by atoms with Crippen LogP contribution in [0.15, 0.2) is 0 Å². The third kappa shape index (κ3) is 3.98. The summed E-state index contributed by atoms with van der Waals surface area (Å²) in [5.74, 6) is 0.292. The fourth-order valence-electron chi connectivity index (χ4n) is 3.67. The Balaban J connectivity index is 1.92. The van der Waals surface area contributed by atoms with Gasteiger partial charge in [-0.1, -0.05) is 32.6 Å². The van der Waals surface area contributed by atoms with E-state index < -0.39 is 0 Å². The molecule has 4 nitrogen and oxygen atoms in total. The van der Waals surface area contributed by atoms with Gasteiger partial charge in [-0.15, -0.1) is 0 Å². The van der Waals surface area contributed by atoms with E-state index in [1.54, 1.807) is 0 Å². The Morgan fingerprint density at radius 1 is 1.24 bits per heavy atom. The van der Waals surface area contributed by atoms with Crippen molar-refractivity contribution in [3.05, 3.63) is 0 Å². The van der Waals surface area contributed by atoms with Crippen LogP contribution in [-0.2, 0) is 9.59 Å². The average Bonchev–Trinajstić information content (AvgIpc) is 2.90. The number of rotatable bonds is 6. The maximum absolute atomic E-state index is 12.6. The van der Waals surface area contributed by atoms with Gasteiger partial charge in [-0.3, -0.25) is 9.59 Å². The van der Waals surface area contributed by atoms with Gasteiger partial charge >= 0.3 is 0 Å². The highest BCUT2D eigenvalue weighted by molar-refractivity contribution is 5.89. The molecule has 0 spiro atoms. The summed E-state index contributed by atoms with van der Waals surface area (Å²) in [6, 6.07) is 0.398. The zero-order valence-electron chi connectivity index (χ0n) is 13.6. The molecule has 0 aromatic carbocycles. The minimum atomic E-state index is -0.101. The van der Waals surface area contributed by atoms with Gasteiger partial charge in [0.2, 0.25) is 11.8 Å². The number of carbonyl (C=O) groups is 2. The largest absolute Gasteiger partial charge is 0.343 e. The minimum absolute atomic E-state index is 0.101. The van der Waals surface area contributed by atoms with Gasteiger partial charge in [0, 0.05) is 32.1 Å². The summed E-state index contributed by atoms with van der Waals surface area (Å²) >= 11 is 0. The van der Waals surface area contributed by atoms with Gasteiger partial charge in [-0.25, -0.2) is 0 Å². The molecular weight excluding hydrogens is 264 g/mol. The summed E-state index contributed by atoms with van der Waals surface area (Å²) in [5.41, 5.74) is 0. The fraction of sp³-hybridized carbons (Fsp3) is 0.882. The molecule has 2 fully saturated rings. The van der Waals surface area contributed by atoms with E-state index in [-0.39, 0.29) is 17.7 Å². The number of unbranched alkanes of at least 4 members (excludes halogenated alkanes) is 1. The summed E-state index contributed by atoms with van der Waals surface area (Å²) in [6.07, 6.45) is 8.57. The zero-order valence-corrected chi connectivity index (χ0v) is 13.6. The van der Waals surface area contributed by atoms with E-state index in [0.717, 1.165) is 38.8 Å². The molecule has 0 radical (unpaired) electrons. The molecule has 1 heterocycles. The standard InChI is InChI=1S/C17H30N2O2/c1-3-5-11-18(4-2)17(21)14-12-16(20)19(13-14)15-9-7-6-8-10-15/h14-15H,3-13H2,1-2H3. The van der Waals surface area contributed by atoms with E-state index >= 15 is 0 Å². The van der Waals surface area contributed by atoms with Crippen LogP contribution >= 0.6 is 0 Å². The smallest absolute Gasteiger partial charge is 0.227 e. The van der Waals surface area contributed by atoms with Gasteiger partial charge in [0.05, 0.1) is 5.92 Å². The second-order valence-electron chi connectivity index (χ2n) is 6.51. The first-order valence-corrected chi connectivity index (χ1v) is 8.75. The summed E-state index contributed by atoms with van der Waals surface area (Å²) < 4.78 is 0. The van der Waals surface area contributed by atoms with Crippen LogP contribution in [0.3, 0.4) is 0 Å². The Morgan fingerprint density at radius 3 is 2.57 bits per heavy atom. The van der Waals surface area contributed by atoms with Crippen LogP contribution in [-0.4, -0.2) is 47.3 Å². The normalized spacial score (nSPS) is 23.6. The van der Waals surface area contributed by atoms with Crippen LogP contribution in [0.2, 0.25) is 0 Å². The average molecular weight is 294 g/mol. The fourth-order valence-corrected chi connectivity index (χ4v) is 3.67. The number of nitrogens with zero attached hydrogens (tertiary/aromatic N) is 2. The van der Waals surface area contributed by atoms with Crippen LogP contribution < -0.4 is 0 Å². The van der Waals surface area contributed by atoms with Crippen molar-refractivity contribution in [1.82, 2.24) is 9.80 Å². The second-order valence-corrected chi connectivity index (χ2v) is 6.51. The minimum Gasteiger partial charge on any atom is -0.343 e. The number of carbonyl (C=O) groups excluding carboxylic acids is 2. The van der Waals surface area contributed by atoms with E-state index in [9.17, 15) is 9.59 Å². The molecule has 2 rings (SSSR count). The third-order valence-electron chi connectivity index (χ3n) is 5.00. The molecule has 1 saturated heterocycles. The molecule has 1 saturated carbocycles. The van der Waals surface area contributed by atoms with E-state index in [1.807, 2.05) is 16.7 Å². The SMILES string of the molecule is CCCCN(CC)C(=O)C1CC(=O)N(C2CCCCC2)C1. The van der Waals surface area contributed by atoms with Crippen molar-refractivity contribution in [2.75, 3.05) is 19.6 Å². The van der Waals surface area contributed by atoms with Gasteiger partial charge in [-0.2, -0.15) is 0 Å². The molecule has 2 aliphatic rings. The maximum atomic E-state index is 12.6. The van der Waals surface area contributed by atoms with Crippen molar-refractivity contribution in [2.24, 2.45) is 5.92 Å². The molecule has 0 N–H and O–H groups in total. The molecule has 2 amide bonds. The van der Waals surface area contributed by atoms with Crippen molar-refractivity contribution in [3.8, 4) is 0 Å². The van der Waals surface area contributed by atoms with Crippen LogP contribution in [0.25, 0.3) is 0 Å². The molecule has 0 aromatic rings. The van der Waals surface area contributed by atoms with Crippen molar-refractivity contribution >= 4 is 11.8 Å². The molecule has 0 aromatic heterocycles. The highest BCUT2D eigenvalue weighted by atomic mass is 16.2. The topological polar surface area (TPSA) is 40.6 Å². The van der Waals surface area contributed by atoms with Gasteiger partial charge in [-0.05, 0) is 26.2 Å². The monoisotopic (exact) mass is 294 g/mol. The van der Waals surface area contributed by atoms with E-state index in [4.69, 9.17) is 0 Å². The maximum Gasteiger partial charge on any atom is 0.227 e. The lowest BCUT2D eigenvalue weighted by Crippen LogP contribution is -2.40. The van der Waals surface area contributed by atoms with Gasteiger partial charge in [0.25, 0.3) is 0 Å². The van der Waals surface area contributed by atoms with Crippen molar-refractivity contribution in [3.63, 3.8) is 0 Å². The van der Waals surface area contributed by atoms with E-state index in [1.165, 1.54) is 19.3 Å². The van der Waals surface area contributed by atoms with E-state index in [0.29, 0.717) is 19.0 Å². The summed E-state index contributed by atoms with van der Waals surface area (Å²) in [4.78, 5) is 28.8. The molecular formula is C17H30N2O2. The quantitative estimate of drug-likeness (QED) is 0.756. The molecule has 1 aliphatic carbocycles. The first-order valence-electron chi connectivity index (χ1n) is 8.75. The second kappa shape index (κ2) is 7.81. The van der Waals surface area contributed by atoms with Crippen molar-refractivity contribution in [1.29, 1.82) is 0 Å². The summed E-state index contributed by atoms with van der Waals surface area (Å²) in [6.45, 7) is 6.42. The summed E-state index contributed by atoms with van der Waals surface area (Å²) in [7, 11) is 0. The predicted molar refractivity (Wildman–Crippen MR) is 83.9 cm³/mol. The van der Waals surface area contributed by atoms with Crippen LogP contribution in [0.4, 0.5) is 0 Å². The molecule has 21 heavy (non-hydrogen) atoms. The lowest BCUT2D eigenvalue weighted by molar-refractivity contribution is -0.135. The third-order valence-corrected chi connectivity index (χ3v) is 5.00. The Kier molecular flexibility index (Phi) is 6.07. The predicted octanol–water partition coefficient (Wildman–Crippen LogP) is 2.82. The Bertz CT molecular complexity index is 364. The van der Waals surface area contributed by atoms with Crippen molar-refractivity contribution < 1.29 is 9.59 Å². The number of likely N-dealkylation sites (tertiary alicyclic amines) is 1. The Morgan fingerprint density at radius 2 is 1.95 bits per heavy atom. The lowest BCUT2D eigenvalue weighted by atomic mass is 9.94. The van der Waals surface area contributed by atoms with Crippen molar-refractivity contribution in [2.45, 2.75) is 71.3 Å². The van der Waals surface area contributed by atoms with Gasteiger partial charge in [0.1, 0.15) is 0 Å². The Labute approximate surface area is 128 Å². The van der Waals surface area contributed by atoms with Crippen LogP contribution in [0.1, 0.15) is 65.2 Å². The molecule has 1 aliphatic heterocycles. The van der Waals surface area contributed by atoms with Gasteiger partial charge < -0.3 is 9.80 Å². The van der Waals surface area contributed by atoms with Gasteiger partial charge in [0.15, 0.2) is 0 Å². The summed E-state index contributed by atoms with van der Waals surface area (Å²) in [5, 5.41) is 0. The lowest BCUT2D eigenvalue weighted by Gasteiger charge is -2.31. The van der Waals surface area contributed by atoms with Crippen LogP contribution in [0.5, 0.6) is 0 Å². The molecule has 1 unspecified atom stereocenters. The molecule has 1 atom stereocenters. The number of hydrogen-bond acceptors (Lipinski definition) is 2.